The summed E-state index contributed by atoms with van der Waals surface area (Å²) in [6.45, 7) is 8.52. The maximum absolute atomic E-state index is 12.5. The molecule has 0 saturated carbocycles. The second-order valence-corrected chi connectivity index (χ2v) is 4.98. The number of hydrogen-bond acceptors (Lipinski definition) is 3. The normalized spacial score (nSPS) is 26.6. The molecule has 4 nitrogen and oxygen atoms in total. The standard InChI is InChI=1S/C13H26N2O2/c1-5-15(11(3)9-17-4)13(16)12-10(2)7-6-8-14-12/h10-12,14H,5-9H2,1-4H3. The maximum Gasteiger partial charge on any atom is 0.240 e. The van der Waals surface area contributed by atoms with Crippen molar-refractivity contribution in [2.75, 3.05) is 26.8 Å². The zero-order valence-electron chi connectivity index (χ0n) is 11.5. The molecule has 1 heterocycles. The summed E-state index contributed by atoms with van der Waals surface area (Å²) in [7, 11) is 1.68. The van der Waals surface area contributed by atoms with Crippen molar-refractivity contribution >= 4 is 5.91 Å². The molecule has 0 aromatic rings. The molecule has 3 atom stereocenters. The largest absolute Gasteiger partial charge is 0.383 e. The fraction of sp³-hybridized carbons (Fsp3) is 0.923. The van der Waals surface area contributed by atoms with Crippen molar-refractivity contribution in [3.05, 3.63) is 0 Å². The van der Waals surface area contributed by atoms with Gasteiger partial charge in [0, 0.05) is 13.7 Å². The van der Waals surface area contributed by atoms with Crippen LogP contribution in [0.25, 0.3) is 0 Å². The zero-order valence-corrected chi connectivity index (χ0v) is 11.5. The molecule has 0 aromatic carbocycles. The highest BCUT2D eigenvalue weighted by Crippen LogP contribution is 2.18. The Balaban J connectivity index is 2.64. The van der Waals surface area contributed by atoms with Crippen molar-refractivity contribution in [2.24, 2.45) is 5.92 Å². The Morgan fingerprint density at radius 2 is 2.29 bits per heavy atom. The van der Waals surface area contributed by atoms with Gasteiger partial charge in [-0.1, -0.05) is 6.92 Å². The van der Waals surface area contributed by atoms with Crippen molar-refractivity contribution in [1.82, 2.24) is 10.2 Å². The predicted molar refractivity (Wildman–Crippen MR) is 68.9 cm³/mol. The van der Waals surface area contributed by atoms with Gasteiger partial charge in [0.1, 0.15) is 0 Å². The quantitative estimate of drug-likeness (QED) is 0.789. The van der Waals surface area contributed by atoms with Gasteiger partial charge in [-0.3, -0.25) is 4.79 Å². The highest BCUT2D eigenvalue weighted by atomic mass is 16.5. The Kier molecular flexibility index (Phi) is 5.92. The molecular weight excluding hydrogens is 216 g/mol. The first-order valence-electron chi connectivity index (χ1n) is 6.64. The number of methoxy groups -OCH3 is 1. The van der Waals surface area contributed by atoms with Crippen LogP contribution in [0.2, 0.25) is 0 Å². The third-order valence-electron chi connectivity index (χ3n) is 3.60. The van der Waals surface area contributed by atoms with Gasteiger partial charge in [0.25, 0.3) is 0 Å². The zero-order chi connectivity index (χ0) is 12.8. The van der Waals surface area contributed by atoms with Crippen LogP contribution in [0.3, 0.4) is 0 Å². The van der Waals surface area contributed by atoms with Crippen LogP contribution in [0, 0.1) is 5.92 Å². The molecule has 1 fully saturated rings. The van der Waals surface area contributed by atoms with E-state index in [9.17, 15) is 4.79 Å². The number of hydrogen-bond donors (Lipinski definition) is 1. The Morgan fingerprint density at radius 3 is 2.82 bits per heavy atom. The van der Waals surface area contributed by atoms with Gasteiger partial charge in [-0.2, -0.15) is 0 Å². The number of rotatable bonds is 5. The van der Waals surface area contributed by atoms with E-state index >= 15 is 0 Å². The summed E-state index contributed by atoms with van der Waals surface area (Å²) >= 11 is 0. The van der Waals surface area contributed by atoms with E-state index in [2.05, 4.69) is 12.2 Å². The van der Waals surface area contributed by atoms with Crippen LogP contribution >= 0.6 is 0 Å². The average molecular weight is 242 g/mol. The molecule has 1 amide bonds. The van der Waals surface area contributed by atoms with E-state index in [0.29, 0.717) is 12.5 Å². The molecule has 0 radical (unpaired) electrons. The highest BCUT2D eigenvalue weighted by Gasteiger charge is 2.32. The van der Waals surface area contributed by atoms with Crippen LogP contribution in [-0.4, -0.2) is 49.7 Å². The number of likely N-dealkylation sites (N-methyl/N-ethyl adjacent to an activating group) is 1. The average Bonchev–Trinajstić information content (AvgIpc) is 2.30. The summed E-state index contributed by atoms with van der Waals surface area (Å²) in [6, 6.07) is 0.136. The first kappa shape index (κ1) is 14.5. The molecule has 0 spiro atoms. The molecule has 0 bridgehead atoms. The van der Waals surface area contributed by atoms with Crippen molar-refractivity contribution in [1.29, 1.82) is 0 Å². The van der Waals surface area contributed by atoms with Crippen molar-refractivity contribution < 1.29 is 9.53 Å². The van der Waals surface area contributed by atoms with Crippen LogP contribution < -0.4 is 5.32 Å². The van der Waals surface area contributed by atoms with Gasteiger partial charge in [0.15, 0.2) is 0 Å². The van der Waals surface area contributed by atoms with Crippen LogP contribution in [0.15, 0.2) is 0 Å². The lowest BCUT2D eigenvalue weighted by molar-refractivity contribution is -0.138. The van der Waals surface area contributed by atoms with Crippen molar-refractivity contribution in [2.45, 2.75) is 45.7 Å². The molecule has 1 aliphatic heterocycles. The van der Waals surface area contributed by atoms with E-state index in [0.717, 1.165) is 19.5 Å². The predicted octanol–water partition coefficient (Wildman–Crippen LogP) is 1.26. The van der Waals surface area contributed by atoms with Crippen molar-refractivity contribution in [3.8, 4) is 0 Å². The molecule has 100 valence electrons. The van der Waals surface area contributed by atoms with Crippen LogP contribution in [-0.2, 0) is 9.53 Å². The van der Waals surface area contributed by atoms with Crippen LogP contribution in [0.4, 0.5) is 0 Å². The number of nitrogens with one attached hydrogen (secondary N) is 1. The van der Waals surface area contributed by atoms with Gasteiger partial charge < -0.3 is 15.0 Å². The molecular formula is C13H26N2O2. The molecule has 1 saturated heterocycles. The molecule has 0 aliphatic carbocycles. The second kappa shape index (κ2) is 6.97. The van der Waals surface area contributed by atoms with Crippen LogP contribution in [0.5, 0.6) is 0 Å². The summed E-state index contributed by atoms with van der Waals surface area (Å²) in [5.74, 6) is 0.657. The number of carbonyl (C=O) groups is 1. The maximum atomic E-state index is 12.5. The SMILES string of the molecule is CCN(C(=O)C1NCCCC1C)C(C)COC. The number of nitrogens with zero attached hydrogens (tertiary/aromatic N) is 1. The molecule has 4 heteroatoms. The fourth-order valence-electron chi connectivity index (χ4n) is 2.57. The van der Waals surface area contributed by atoms with Gasteiger partial charge in [-0.25, -0.2) is 0 Å². The summed E-state index contributed by atoms with van der Waals surface area (Å²) in [5.41, 5.74) is 0. The Morgan fingerprint density at radius 1 is 1.59 bits per heavy atom. The Hall–Kier alpha value is -0.610. The summed E-state index contributed by atoms with van der Waals surface area (Å²) < 4.78 is 5.14. The van der Waals surface area contributed by atoms with E-state index in [-0.39, 0.29) is 18.0 Å². The summed E-state index contributed by atoms with van der Waals surface area (Å²) in [4.78, 5) is 14.4. The van der Waals surface area contributed by atoms with Gasteiger partial charge in [0.05, 0.1) is 18.7 Å². The highest BCUT2D eigenvalue weighted by molar-refractivity contribution is 5.82. The number of ether oxygens (including phenoxy) is 1. The van der Waals surface area contributed by atoms with Gasteiger partial charge in [-0.15, -0.1) is 0 Å². The molecule has 3 unspecified atom stereocenters. The first-order chi connectivity index (χ1) is 8.11. The van der Waals surface area contributed by atoms with E-state index in [1.165, 1.54) is 6.42 Å². The molecule has 1 aliphatic rings. The molecule has 1 rings (SSSR count). The minimum Gasteiger partial charge on any atom is -0.383 e. The lowest BCUT2D eigenvalue weighted by Crippen LogP contribution is -2.55. The summed E-state index contributed by atoms with van der Waals surface area (Å²) in [5, 5.41) is 3.35. The topological polar surface area (TPSA) is 41.6 Å². The van der Waals surface area contributed by atoms with E-state index in [1.807, 2.05) is 18.7 Å². The van der Waals surface area contributed by atoms with E-state index < -0.39 is 0 Å². The third kappa shape index (κ3) is 3.68. The number of piperidine rings is 1. The second-order valence-electron chi connectivity index (χ2n) is 4.98. The Bertz CT molecular complexity index is 246. The minimum atomic E-state index is -0.0111. The third-order valence-corrected chi connectivity index (χ3v) is 3.60. The Labute approximate surface area is 105 Å². The van der Waals surface area contributed by atoms with Gasteiger partial charge in [-0.05, 0) is 39.2 Å². The first-order valence-corrected chi connectivity index (χ1v) is 6.64. The fourth-order valence-corrected chi connectivity index (χ4v) is 2.57. The molecule has 17 heavy (non-hydrogen) atoms. The van der Waals surface area contributed by atoms with Crippen molar-refractivity contribution in [3.63, 3.8) is 0 Å². The van der Waals surface area contributed by atoms with E-state index in [4.69, 9.17) is 4.74 Å². The summed E-state index contributed by atoms with van der Waals surface area (Å²) in [6.07, 6.45) is 2.31. The molecule has 1 N–H and O–H groups in total. The monoisotopic (exact) mass is 242 g/mol. The van der Waals surface area contributed by atoms with E-state index in [1.54, 1.807) is 7.11 Å². The lowest BCUT2D eigenvalue weighted by atomic mass is 9.91. The number of amides is 1. The molecule has 0 aromatic heterocycles. The van der Waals surface area contributed by atoms with Gasteiger partial charge >= 0.3 is 0 Å². The smallest absolute Gasteiger partial charge is 0.240 e. The number of carbonyl (C=O) groups excluding carboxylic acids is 1. The van der Waals surface area contributed by atoms with Crippen LogP contribution in [0.1, 0.15) is 33.6 Å². The lowest BCUT2D eigenvalue weighted by Gasteiger charge is -2.36. The van der Waals surface area contributed by atoms with Gasteiger partial charge in [0.2, 0.25) is 5.91 Å². The minimum absolute atomic E-state index is 0.0111.